The van der Waals surface area contributed by atoms with Gasteiger partial charge in [0.25, 0.3) is 11.6 Å². The molecule has 0 saturated carbocycles. The van der Waals surface area contributed by atoms with E-state index in [1.807, 2.05) is 0 Å². The van der Waals surface area contributed by atoms with E-state index in [-0.39, 0.29) is 16.3 Å². The number of hydrogen-bond acceptors (Lipinski definition) is 5. The molecule has 0 radical (unpaired) electrons. The fourth-order valence-electron chi connectivity index (χ4n) is 2.20. The minimum Gasteiger partial charge on any atom is -0.455 e. The van der Waals surface area contributed by atoms with Crippen molar-refractivity contribution in [3.8, 4) is 11.3 Å². The van der Waals surface area contributed by atoms with Crippen molar-refractivity contribution in [2.75, 3.05) is 0 Å². The Morgan fingerprint density at radius 2 is 1.93 bits per heavy atom. The number of nitrogens with zero attached hydrogens (tertiary/aromatic N) is 2. The molecular formula is C18H11ClFN3O4. The highest BCUT2D eigenvalue weighted by Gasteiger charge is 2.13. The molecule has 3 aromatic rings. The van der Waals surface area contributed by atoms with Gasteiger partial charge in [0, 0.05) is 23.3 Å². The first kappa shape index (κ1) is 18.3. The van der Waals surface area contributed by atoms with Gasteiger partial charge in [-0.05, 0) is 42.5 Å². The maximum absolute atomic E-state index is 12.8. The van der Waals surface area contributed by atoms with Crippen molar-refractivity contribution >= 4 is 29.4 Å². The van der Waals surface area contributed by atoms with E-state index in [0.717, 1.165) is 0 Å². The molecule has 3 rings (SSSR count). The highest BCUT2D eigenvalue weighted by atomic mass is 35.5. The highest BCUT2D eigenvalue weighted by Crippen LogP contribution is 2.31. The predicted octanol–water partition coefficient (Wildman–Crippen LogP) is 4.41. The summed E-state index contributed by atoms with van der Waals surface area (Å²) in [4.78, 5) is 22.1. The van der Waals surface area contributed by atoms with Crippen LogP contribution in [0.2, 0.25) is 5.02 Å². The Morgan fingerprint density at radius 1 is 1.19 bits per heavy atom. The summed E-state index contributed by atoms with van der Waals surface area (Å²) in [5, 5.41) is 14.7. The van der Waals surface area contributed by atoms with Crippen LogP contribution in [0.5, 0.6) is 0 Å². The lowest BCUT2D eigenvalue weighted by Crippen LogP contribution is -2.17. The molecule has 2 aromatic carbocycles. The molecule has 1 aromatic heterocycles. The van der Waals surface area contributed by atoms with Crippen molar-refractivity contribution in [2.45, 2.75) is 0 Å². The third-order valence-corrected chi connectivity index (χ3v) is 3.83. The molecular weight excluding hydrogens is 377 g/mol. The van der Waals surface area contributed by atoms with Gasteiger partial charge in [-0.2, -0.15) is 5.10 Å². The summed E-state index contributed by atoms with van der Waals surface area (Å²) in [5.41, 5.74) is 2.91. The second kappa shape index (κ2) is 7.79. The number of benzene rings is 2. The molecule has 136 valence electrons. The van der Waals surface area contributed by atoms with Crippen LogP contribution in [0.25, 0.3) is 11.3 Å². The number of non-ortho nitro benzene ring substituents is 1. The molecule has 0 aliphatic carbocycles. The molecule has 1 N–H and O–H groups in total. The minimum absolute atomic E-state index is 0.124. The summed E-state index contributed by atoms with van der Waals surface area (Å²) in [6, 6.07) is 12.3. The van der Waals surface area contributed by atoms with Crippen LogP contribution in [-0.4, -0.2) is 17.0 Å². The van der Waals surface area contributed by atoms with Gasteiger partial charge in [0.1, 0.15) is 17.3 Å². The van der Waals surface area contributed by atoms with Crippen molar-refractivity contribution in [1.82, 2.24) is 5.43 Å². The number of hydrogen-bond donors (Lipinski definition) is 1. The fraction of sp³-hybridized carbons (Fsp3) is 0. The van der Waals surface area contributed by atoms with E-state index in [4.69, 9.17) is 16.0 Å². The van der Waals surface area contributed by atoms with Gasteiger partial charge in [0.05, 0.1) is 16.2 Å². The largest absolute Gasteiger partial charge is 0.455 e. The summed E-state index contributed by atoms with van der Waals surface area (Å²) in [6.07, 6.45) is 1.28. The zero-order chi connectivity index (χ0) is 19.4. The number of furan rings is 1. The predicted molar refractivity (Wildman–Crippen MR) is 97.3 cm³/mol. The van der Waals surface area contributed by atoms with Crippen molar-refractivity contribution in [2.24, 2.45) is 5.10 Å². The Kier molecular flexibility index (Phi) is 5.28. The number of hydrazone groups is 1. The van der Waals surface area contributed by atoms with Crippen LogP contribution in [0.4, 0.5) is 10.1 Å². The number of halogens is 2. The Balaban J connectivity index is 1.69. The normalized spacial score (nSPS) is 10.9. The van der Waals surface area contributed by atoms with Gasteiger partial charge in [-0.15, -0.1) is 0 Å². The van der Waals surface area contributed by atoms with Crippen LogP contribution in [0.1, 0.15) is 16.1 Å². The maximum atomic E-state index is 12.8. The Morgan fingerprint density at radius 3 is 2.59 bits per heavy atom. The topological polar surface area (TPSA) is 97.7 Å². The summed E-state index contributed by atoms with van der Waals surface area (Å²) < 4.78 is 18.4. The van der Waals surface area contributed by atoms with Gasteiger partial charge in [0.15, 0.2) is 0 Å². The summed E-state index contributed by atoms with van der Waals surface area (Å²) in [7, 11) is 0. The third kappa shape index (κ3) is 4.36. The number of carbonyl (C=O) groups excluding carboxylic acids is 1. The summed E-state index contributed by atoms with van der Waals surface area (Å²) >= 11 is 6.06. The van der Waals surface area contributed by atoms with Gasteiger partial charge in [-0.1, -0.05) is 11.6 Å². The van der Waals surface area contributed by atoms with Gasteiger partial charge >= 0.3 is 0 Å². The Bertz CT molecular complexity index is 1030. The number of rotatable bonds is 5. The average Bonchev–Trinajstić information content (AvgIpc) is 3.10. The van der Waals surface area contributed by atoms with Crippen LogP contribution in [-0.2, 0) is 0 Å². The molecule has 0 unspecified atom stereocenters. The minimum atomic E-state index is -0.542. The van der Waals surface area contributed by atoms with E-state index in [1.165, 1.54) is 48.7 Å². The quantitative estimate of drug-likeness (QED) is 0.398. The van der Waals surface area contributed by atoms with Gasteiger partial charge in [-0.3, -0.25) is 14.9 Å². The van der Waals surface area contributed by atoms with Crippen molar-refractivity contribution in [3.05, 3.63) is 86.9 Å². The van der Waals surface area contributed by atoms with Crippen LogP contribution >= 0.6 is 11.6 Å². The standard InChI is InChI=1S/C18H11ClFN3O4/c19-16-9-13(23(25)26)5-7-15(16)17-8-6-14(27-17)10-21-22-18(24)11-1-3-12(20)4-2-11/h1-10H,(H,22,24). The molecule has 0 spiro atoms. The number of nitro groups is 1. The second-order valence-electron chi connectivity index (χ2n) is 5.33. The monoisotopic (exact) mass is 387 g/mol. The van der Waals surface area contributed by atoms with E-state index < -0.39 is 16.6 Å². The molecule has 0 aliphatic rings. The van der Waals surface area contributed by atoms with Crippen molar-refractivity contribution in [1.29, 1.82) is 0 Å². The second-order valence-corrected chi connectivity index (χ2v) is 5.74. The van der Waals surface area contributed by atoms with E-state index in [9.17, 15) is 19.3 Å². The maximum Gasteiger partial charge on any atom is 0.271 e. The lowest BCUT2D eigenvalue weighted by Gasteiger charge is -2.00. The van der Waals surface area contributed by atoms with Crippen LogP contribution in [0, 0.1) is 15.9 Å². The highest BCUT2D eigenvalue weighted by molar-refractivity contribution is 6.33. The van der Waals surface area contributed by atoms with Crippen LogP contribution in [0.3, 0.4) is 0 Å². The molecule has 0 aliphatic heterocycles. The number of carbonyl (C=O) groups is 1. The van der Waals surface area contributed by atoms with Crippen molar-refractivity contribution < 1.29 is 18.5 Å². The number of nitro benzene ring substituents is 1. The zero-order valence-electron chi connectivity index (χ0n) is 13.6. The molecule has 1 amide bonds. The lowest BCUT2D eigenvalue weighted by atomic mass is 10.1. The van der Waals surface area contributed by atoms with Gasteiger partial charge in [0.2, 0.25) is 0 Å². The molecule has 0 atom stereocenters. The van der Waals surface area contributed by atoms with Crippen molar-refractivity contribution in [3.63, 3.8) is 0 Å². The first-order valence-corrected chi connectivity index (χ1v) is 7.95. The molecule has 0 fully saturated rings. The van der Waals surface area contributed by atoms with E-state index in [0.29, 0.717) is 17.1 Å². The SMILES string of the molecule is O=C(NN=Cc1ccc(-c2ccc([N+](=O)[O-])cc2Cl)o1)c1ccc(F)cc1. The third-order valence-electron chi connectivity index (χ3n) is 3.52. The van der Waals surface area contributed by atoms with Crippen LogP contribution < -0.4 is 5.43 Å². The van der Waals surface area contributed by atoms with Gasteiger partial charge < -0.3 is 4.42 Å². The molecule has 9 heteroatoms. The first-order valence-electron chi connectivity index (χ1n) is 7.57. The Hall–Kier alpha value is -3.52. The molecule has 0 saturated heterocycles. The molecule has 7 nitrogen and oxygen atoms in total. The first-order chi connectivity index (χ1) is 12.9. The summed E-state index contributed by atoms with van der Waals surface area (Å²) in [6.45, 7) is 0. The fourth-order valence-corrected chi connectivity index (χ4v) is 2.47. The number of amides is 1. The van der Waals surface area contributed by atoms with Gasteiger partial charge in [-0.25, -0.2) is 9.82 Å². The van der Waals surface area contributed by atoms with E-state index >= 15 is 0 Å². The summed E-state index contributed by atoms with van der Waals surface area (Å²) in [5.74, 6) is -0.223. The zero-order valence-corrected chi connectivity index (χ0v) is 14.3. The average molecular weight is 388 g/mol. The molecule has 0 bridgehead atoms. The smallest absolute Gasteiger partial charge is 0.271 e. The Labute approximate surface area is 157 Å². The lowest BCUT2D eigenvalue weighted by molar-refractivity contribution is -0.384. The van der Waals surface area contributed by atoms with Crippen LogP contribution in [0.15, 0.2) is 64.1 Å². The molecule has 27 heavy (non-hydrogen) atoms. The molecule has 1 heterocycles. The van der Waals surface area contributed by atoms with E-state index in [1.54, 1.807) is 12.1 Å². The number of nitrogens with one attached hydrogen (secondary N) is 1. The van der Waals surface area contributed by atoms with E-state index in [2.05, 4.69) is 10.5 Å².